The molecule has 4 nitrogen and oxygen atoms in total. The first kappa shape index (κ1) is 17.8. The van der Waals surface area contributed by atoms with E-state index in [9.17, 15) is 0 Å². The summed E-state index contributed by atoms with van der Waals surface area (Å²) in [6.45, 7) is 4.33. The molecule has 0 saturated heterocycles. The molecule has 0 aliphatic rings. The Kier molecular flexibility index (Phi) is 5.61. The smallest absolute Gasteiger partial charge is 0.229 e. The number of rotatable bonds is 6. The maximum absolute atomic E-state index is 6.07. The Balaban J connectivity index is 2.00. The molecule has 2 aromatic carbocycles. The van der Waals surface area contributed by atoms with Gasteiger partial charge in [0, 0.05) is 27.2 Å². The number of fused-ring (bicyclic) bond motifs is 1. The van der Waals surface area contributed by atoms with Gasteiger partial charge >= 0.3 is 0 Å². The van der Waals surface area contributed by atoms with Gasteiger partial charge in [-0.3, -0.25) is 0 Å². The summed E-state index contributed by atoms with van der Waals surface area (Å²) in [5.41, 5.74) is 1.63. The molecule has 0 fully saturated rings. The van der Waals surface area contributed by atoms with E-state index in [1.807, 2.05) is 24.3 Å². The predicted octanol–water partition coefficient (Wildman–Crippen LogP) is 6.28. The van der Waals surface area contributed by atoms with Crippen LogP contribution in [0.25, 0.3) is 10.9 Å². The second-order valence-corrected chi connectivity index (χ2v) is 6.73. The maximum atomic E-state index is 6.07. The van der Waals surface area contributed by atoms with Gasteiger partial charge in [-0.15, -0.1) is 0 Å². The highest BCUT2D eigenvalue weighted by Gasteiger charge is 2.11. The lowest BCUT2D eigenvalue weighted by Gasteiger charge is -2.18. The molecular formula is C19H20Cl2N4. The average molecular weight is 375 g/mol. The van der Waals surface area contributed by atoms with Crippen molar-refractivity contribution in [3.8, 4) is 0 Å². The van der Waals surface area contributed by atoms with Gasteiger partial charge in [-0.05, 0) is 43.2 Å². The van der Waals surface area contributed by atoms with Crippen molar-refractivity contribution in [2.45, 2.75) is 32.7 Å². The van der Waals surface area contributed by atoms with Crippen molar-refractivity contribution in [2.24, 2.45) is 0 Å². The lowest BCUT2D eigenvalue weighted by molar-refractivity contribution is 0.669. The second-order valence-electron chi connectivity index (χ2n) is 5.85. The quantitative estimate of drug-likeness (QED) is 0.532. The van der Waals surface area contributed by atoms with E-state index in [0.717, 1.165) is 35.2 Å². The number of hydrogen-bond donors (Lipinski definition) is 2. The third-order valence-electron chi connectivity index (χ3n) is 4.05. The van der Waals surface area contributed by atoms with Crippen LogP contribution in [-0.2, 0) is 0 Å². The van der Waals surface area contributed by atoms with Crippen molar-refractivity contribution < 1.29 is 0 Å². The molecule has 0 saturated carbocycles. The Bertz CT molecular complexity index is 858. The number of benzene rings is 2. The average Bonchev–Trinajstić information content (AvgIpc) is 2.58. The van der Waals surface area contributed by atoms with Crippen molar-refractivity contribution in [2.75, 3.05) is 10.6 Å². The summed E-state index contributed by atoms with van der Waals surface area (Å²) >= 11 is 12.1. The van der Waals surface area contributed by atoms with E-state index in [2.05, 4.69) is 34.4 Å². The lowest BCUT2D eigenvalue weighted by Crippen LogP contribution is -2.18. The SMILES string of the molecule is CCC(CC)Nc1nc(Nc2cc(Cl)cc(Cl)c2)nc2ccccc12. The third kappa shape index (κ3) is 4.33. The number of nitrogens with one attached hydrogen (secondary N) is 2. The van der Waals surface area contributed by atoms with Crippen LogP contribution in [0.1, 0.15) is 26.7 Å². The molecule has 0 spiro atoms. The summed E-state index contributed by atoms with van der Waals surface area (Å²) in [6.07, 6.45) is 2.06. The summed E-state index contributed by atoms with van der Waals surface area (Å²) in [4.78, 5) is 9.27. The fraction of sp³-hybridized carbons (Fsp3) is 0.263. The molecule has 2 N–H and O–H groups in total. The maximum Gasteiger partial charge on any atom is 0.229 e. The third-order valence-corrected chi connectivity index (χ3v) is 4.48. The van der Waals surface area contributed by atoms with Crippen LogP contribution in [-0.4, -0.2) is 16.0 Å². The summed E-state index contributed by atoms with van der Waals surface area (Å²) in [5.74, 6) is 1.33. The lowest BCUT2D eigenvalue weighted by atomic mass is 10.1. The highest BCUT2D eigenvalue weighted by Crippen LogP contribution is 2.27. The largest absolute Gasteiger partial charge is 0.367 e. The van der Waals surface area contributed by atoms with Crippen molar-refractivity contribution >= 4 is 51.6 Å². The summed E-state index contributed by atoms with van der Waals surface area (Å²) in [7, 11) is 0. The van der Waals surface area contributed by atoms with Gasteiger partial charge in [0.05, 0.1) is 5.52 Å². The number of anilines is 3. The molecule has 3 aromatic rings. The Hall–Kier alpha value is -2.04. The van der Waals surface area contributed by atoms with E-state index >= 15 is 0 Å². The van der Waals surface area contributed by atoms with Crippen LogP contribution in [0.15, 0.2) is 42.5 Å². The van der Waals surface area contributed by atoms with E-state index in [0.29, 0.717) is 22.0 Å². The van der Waals surface area contributed by atoms with Gasteiger partial charge in [0.1, 0.15) is 5.82 Å². The zero-order valence-electron chi connectivity index (χ0n) is 14.2. The highest BCUT2D eigenvalue weighted by molar-refractivity contribution is 6.35. The molecule has 1 heterocycles. The second kappa shape index (κ2) is 7.89. The van der Waals surface area contributed by atoms with Crippen molar-refractivity contribution in [1.29, 1.82) is 0 Å². The molecule has 0 radical (unpaired) electrons. The zero-order valence-corrected chi connectivity index (χ0v) is 15.7. The van der Waals surface area contributed by atoms with Gasteiger partial charge in [-0.1, -0.05) is 49.2 Å². The van der Waals surface area contributed by atoms with Crippen LogP contribution in [0.5, 0.6) is 0 Å². The van der Waals surface area contributed by atoms with Crippen LogP contribution in [0, 0.1) is 0 Å². The normalized spacial score (nSPS) is 11.1. The standard InChI is InChI=1S/C19H20Cl2N4/c1-3-14(4-2)22-18-16-7-5-6-8-17(16)24-19(25-18)23-15-10-12(20)9-13(21)11-15/h5-11,14H,3-4H2,1-2H3,(H2,22,23,24,25). The Morgan fingerprint density at radius 2 is 1.64 bits per heavy atom. The van der Waals surface area contributed by atoms with Crippen LogP contribution in [0.3, 0.4) is 0 Å². The fourth-order valence-corrected chi connectivity index (χ4v) is 3.21. The Morgan fingerprint density at radius 3 is 2.32 bits per heavy atom. The molecule has 0 aliphatic heterocycles. The number of nitrogens with zero attached hydrogens (tertiary/aromatic N) is 2. The Morgan fingerprint density at radius 1 is 0.960 bits per heavy atom. The minimum absolute atomic E-state index is 0.367. The number of hydrogen-bond acceptors (Lipinski definition) is 4. The minimum atomic E-state index is 0.367. The fourth-order valence-electron chi connectivity index (χ4n) is 2.68. The molecule has 0 bridgehead atoms. The first-order valence-corrected chi connectivity index (χ1v) is 9.11. The summed E-state index contributed by atoms with van der Waals surface area (Å²) in [6, 6.07) is 13.6. The first-order chi connectivity index (χ1) is 12.1. The molecule has 0 unspecified atom stereocenters. The van der Waals surface area contributed by atoms with Crippen LogP contribution < -0.4 is 10.6 Å². The minimum Gasteiger partial charge on any atom is -0.367 e. The molecular weight excluding hydrogens is 355 g/mol. The summed E-state index contributed by atoms with van der Waals surface area (Å²) < 4.78 is 0. The van der Waals surface area contributed by atoms with Gasteiger partial charge < -0.3 is 10.6 Å². The molecule has 0 atom stereocenters. The van der Waals surface area contributed by atoms with Gasteiger partial charge in [0.25, 0.3) is 0 Å². The van der Waals surface area contributed by atoms with E-state index in [4.69, 9.17) is 23.2 Å². The molecule has 25 heavy (non-hydrogen) atoms. The van der Waals surface area contributed by atoms with Crippen molar-refractivity contribution in [3.05, 3.63) is 52.5 Å². The zero-order chi connectivity index (χ0) is 17.8. The monoisotopic (exact) mass is 374 g/mol. The van der Waals surface area contributed by atoms with Gasteiger partial charge in [0.2, 0.25) is 5.95 Å². The molecule has 0 amide bonds. The van der Waals surface area contributed by atoms with Crippen LogP contribution in [0.4, 0.5) is 17.5 Å². The van der Waals surface area contributed by atoms with E-state index in [1.165, 1.54) is 0 Å². The van der Waals surface area contributed by atoms with E-state index in [-0.39, 0.29) is 0 Å². The molecule has 6 heteroatoms. The topological polar surface area (TPSA) is 49.8 Å². The van der Waals surface area contributed by atoms with Gasteiger partial charge in [-0.25, -0.2) is 4.98 Å². The molecule has 0 aliphatic carbocycles. The number of halogens is 2. The van der Waals surface area contributed by atoms with Crippen LogP contribution >= 0.6 is 23.2 Å². The van der Waals surface area contributed by atoms with Gasteiger partial charge in [0.15, 0.2) is 0 Å². The highest BCUT2D eigenvalue weighted by atomic mass is 35.5. The van der Waals surface area contributed by atoms with Gasteiger partial charge in [-0.2, -0.15) is 4.98 Å². The van der Waals surface area contributed by atoms with Crippen LogP contribution in [0.2, 0.25) is 10.0 Å². The summed E-state index contributed by atoms with van der Waals surface area (Å²) in [5, 5.41) is 8.85. The first-order valence-electron chi connectivity index (χ1n) is 8.35. The number of para-hydroxylation sites is 1. The van der Waals surface area contributed by atoms with Crippen molar-refractivity contribution in [1.82, 2.24) is 9.97 Å². The number of aromatic nitrogens is 2. The molecule has 130 valence electrons. The Labute approximate surface area is 157 Å². The predicted molar refractivity (Wildman–Crippen MR) is 107 cm³/mol. The van der Waals surface area contributed by atoms with E-state index < -0.39 is 0 Å². The van der Waals surface area contributed by atoms with E-state index in [1.54, 1.807) is 18.2 Å². The van der Waals surface area contributed by atoms with Crippen molar-refractivity contribution in [3.63, 3.8) is 0 Å². The molecule has 3 rings (SSSR count). The molecule has 1 aromatic heterocycles.